The Balaban J connectivity index is 2.81. The van der Waals surface area contributed by atoms with E-state index >= 15 is 0 Å². The largest absolute Gasteiger partial charge is 0.478 e. The molecule has 100 valence electrons. The number of hydrogen-bond donors (Lipinski definition) is 2. The summed E-state index contributed by atoms with van der Waals surface area (Å²) in [5.41, 5.74) is 1.41. The van der Waals surface area contributed by atoms with Gasteiger partial charge in [0.15, 0.2) is 0 Å². The van der Waals surface area contributed by atoms with Gasteiger partial charge in [0.05, 0.1) is 11.3 Å². The molecule has 0 unspecified atom stereocenters. The van der Waals surface area contributed by atoms with Crippen LogP contribution in [0.2, 0.25) is 0 Å². The maximum atomic E-state index is 11.7. The Hall–Kier alpha value is -2.36. The van der Waals surface area contributed by atoms with E-state index in [2.05, 4.69) is 5.32 Å². The van der Waals surface area contributed by atoms with Gasteiger partial charge in [0, 0.05) is 6.08 Å². The molecule has 0 atom stereocenters. The Bertz CT molecular complexity index is 530. The predicted molar refractivity (Wildman–Crippen MR) is 75.2 cm³/mol. The number of hydrogen-bond acceptors (Lipinski definition) is 2. The summed E-state index contributed by atoms with van der Waals surface area (Å²) < 4.78 is 0. The molecule has 19 heavy (non-hydrogen) atoms. The highest BCUT2D eigenvalue weighted by Gasteiger charge is 2.09. The minimum atomic E-state index is -1.07. The highest BCUT2D eigenvalue weighted by atomic mass is 16.4. The number of anilines is 1. The van der Waals surface area contributed by atoms with Crippen molar-refractivity contribution in [2.75, 3.05) is 5.32 Å². The van der Waals surface area contributed by atoms with Crippen LogP contribution >= 0.6 is 0 Å². The number of carboxylic acid groups (broad SMARTS) is 1. The average molecular weight is 259 g/mol. The van der Waals surface area contributed by atoms with E-state index in [1.54, 1.807) is 24.3 Å². The molecule has 0 radical (unpaired) electrons. The van der Waals surface area contributed by atoms with E-state index in [1.807, 2.05) is 19.9 Å². The SMILES string of the molecule is C/C=C(\C=C\C(=O)Nc1ccccc1C(=O)O)CC. The van der Waals surface area contributed by atoms with Crippen molar-refractivity contribution in [1.82, 2.24) is 0 Å². The molecule has 0 bridgehead atoms. The molecule has 0 saturated carbocycles. The van der Waals surface area contributed by atoms with E-state index in [0.29, 0.717) is 5.69 Å². The van der Waals surface area contributed by atoms with Gasteiger partial charge in [-0.3, -0.25) is 4.79 Å². The van der Waals surface area contributed by atoms with Crippen LogP contribution < -0.4 is 5.32 Å². The first-order chi connectivity index (χ1) is 9.08. The van der Waals surface area contributed by atoms with Gasteiger partial charge in [0.1, 0.15) is 0 Å². The number of aromatic carboxylic acids is 1. The summed E-state index contributed by atoms with van der Waals surface area (Å²) in [6.07, 6.45) is 5.89. The summed E-state index contributed by atoms with van der Waals surface area (Å²) in [6, 6.07) is 6.30. The van der Waals surface area contributed by atoms with E-state index in [1.165, 1.54) is 12.1 Å². The number of carboxylic acids is 1. The fraction of sp³-hybridized carbons (Fsp3) is 0.200. The van der Waals surface area contributed by atoms with Gasteiger partial charge in [-0.2, -0.15) is 0 Å². The minimum absolute atomic E-state index is 0.0750. The van der Waals surface area contributed by atoms with Gasteiger partial charge in [-0.1, -0.05) is 36.8 Å². The fourth-order valence-corrected chi connectivity index (χ4v) is 1.55. The molecule has 4 nitrogen and oxygen atoms in total. The number of amides is 1. The van der Waals surface area contributed by atoms with Crippen molar-refractivity contribution in [1.29, 1.82) is 0 Å². The molecule has 2 N–H and O–H groups in total. The summed E-state index contributed by atoms with van der Waals surface area (Å²) in [5, 5.41) is 11.6. The first kappa shape index (κ1) is 14.7. The number of nitrogens with one attached hydrogen (secondary N) is 1. The van der Waals surface area contributed by atoms with Crippen LogP contribution in [0.15, 0.2) is 48.1 Å². The van der Waals surface area contributed by atoms with Crippen molar-refractivity contribution >= 4 is 17.6 Å². The number of carbonyl (C=O) groups excluding carboxylic acids is 1. The normalized spacial score (nSPS) is 11.6. The highest BCUT2D eigenvalue weighted by Crippen LogP contribution is 2.14. The van der Waals surface area contributed by atoms with E-state index < -0.39 is 5.97 Å². The molecule has 0 aliphatic heterocycles. The molecule has 0 heterocycles. The lowest BCUT2D eigenvalue weighted by Crippen LogP contribution is -2.11. The van der Waals surface area contributed by atoms with E-state index in [4.69, 9.17) is 5.11 Å². The Labute approximate surface area is 112 Å². The lowest BCUT2D eigenvalue weighted by atomic mass is 10.1. The zero-order valence-corrected chi connectivity index (χ0v) is 11.0. The van der Waals surface area contributed by atoms with Crippen LogP contribution in [0.5, 0.6) is 0 Å². The maximum absolute atomic E-state index is 11.7. The summed E-state index contributed by atoms with van der Waals surface area (Å²) in [7, 11) is 0. The smallest absolute Gasteiger partial charge is 0.337 e. The van der Waals surface area contributed by atoms with Crippen molar-refractivity contribution in [3.63, 3.8) is 0 Å². The minimum Gasteiger partial charge on any atom is -0.478 e. The van der Waals surface area contributed by atoms with Crippen molar-refractivity contribution in [2.45, 2.75) is 20.3 Å². The summed E-state index contributed by atoms with van der Waals surface area (Å²) in [6.45, 7) is 3.90. The Morgan fingerprint density at radius 2 is 1.95 bits per heavy atom. The molecule has 4 heteroatoms. The van der Waals surface area contributed by atoms with Gasteiger partial charge in [-0.15, -0.1) is 0 Å². The van der Waals surface area contributed by atoms with E-state index in [9.17, 15) is 9.59 Å². The Morgan fingerprint density at radius 1 is 1.26 bits per heavy atom. The Kier molecular flexibility index (Phi) is 5.54. The summed E-state index contributed by atoms with van der Waals surface area (Å²) in [4.78, 5) is 22.7. The topological polar surface area (TPSA) is 66.4 Å². The third-order valence-electron chi connectivity index (χ3n) is 2.64. The van der Waals surface area contributed by atoms with Crippen LogP contribution in [-0.4, -0.2) is 17.0 Å². The molecule has 0 aliphatic carbocycles. The van der Waals surface area contributed by atoms with Crippen molar-refractivity contribution in [2.24, 2.45) is 0 Å². The molecule has 1 rings (SSSR count). The van der Waals surface area contributed by atoms with Crippen molar-refractivity contribution in [3.05, 3.63) is 53.6 Å². The zero-order chi connectivity index (χ0) is 14.3. The molecule has 0 spiro atoms. The molecule has 1 amide bonds. The molecule has 0 fully saturated rings. The summed E-state index contributed by atoms with van der Waals surface area (Å²) in [5.74, 6) is -1.41. The zero-order valence-electron chi connectivity index (χ0n) is 11.0. The van der Waals surface area contributed by atoms with Gasteiger partial charge >= 0.3 is 5.97 Å². The molecular formula is C15H17NO3. The molecule has 0 aromatic heterocycles. The first-order valence-electron chi connectivity index (χ1n) is 6.05. The molecule has 1 aromatic carbocycles. The fourth-order valence-electron chi connectivity index (χ4n) is 1.55. The Morgan fingerprint density at radius 3 is 2.53 bits per heavy atom. The number of allylic oxidation sites excluding steroid dienone is 3. The van der Waals surface area contributed by atoms with Crippen LogP contribution in [0.1, 0.15) is 30.6 Å². The van der Waals surface area contributed by atoms with E-state index in [-0.39, 0.29) is 11.5 Å². The summed E-state index contributed by atoms with van der Waals surface area (Å²) >= 11 is 0. The van der Waals surface area contributed by atoms with Gasteiger partial charge in [0.25, 0.3) is 0 Å². The number of benzene rings is 1. The molecular weight excluding hydrogens is 242 g/mol. The number of para-hydroxylation sites is 1. The van der Waals surface area contributed by atoms with Crippen molar-refractivity contribution in [3.8, 4) is 0 Å². The lowest BCUT2D eigenvalue weighted by molar-refractivity contribution is -0.111. The first-order valence-corrected chi connectivity index (χ1v) is 6.05. The number of rotatable bonds is 5. The van der Waals surface area contributed by atoms with Crippen LogP contribution in [0.25, 0.3) is 0 Å². The van der Waals surface area contributed by atoms with E-state index in [0.717, 1.165) is 12.0 Å². The number of carbonyl (C=O) groups is 2. The van der Waals surface area contributed by atoms with Gasteiger partial charge in [0.2, 0.25) is 5.91 Å². The van der Waals surface area contributed by atoms with Crippen LogP contribution in [0, 0.1) is 0 Å². The van der Waals surface area contributed by atoms with Crippen LogP contribution in [-0.2, 0) is 4.79 Å². The van der Waals surface area contributed by atoms with Crippen LogP contribution in [0.4, 0.5) is 5.69 Å². The van der Waals surface area contributed by atoms with Crippen molar-refractivity contribution < 1.29 is 14.7 Å². The standard InChI is InChI=1S/C15H17NO3/c1-3-11(4-2)9-10-14(17)16-13-8-6-5-7-12(13)15(18)19/h3,5-10H,4H2,1-2H3,(H,16,17)(H,18,19)/b10-9+,11-3-. The third kappa shape index (κ3) is 4.43. The maximum Gasteiger partial charge on any atom is 0.337 e. The quantitative estimate of drug-likeness (QED) is 0.630. The predicted octanol–water partition coefficient (Wildman–Crippen LogP) is 3.24. The lowest BCUT2D eigenvalue weighted by Gasteiger charge is -2.05. The molecule has 1 aromatic rings. The highest BCUT2D eigenvalue weighted by molar-refractivity contribution is 6.04. The third-order valence-corrected chi connectivity index (χ3v) is 2.64. The second kappa shape index (κ2) is 7.16. The van der Waals surface area contributed by atoms with Gasteiger partial charge < -0.3 is 10.4 Å². The van der Waals surface area contributed by atoms with Crippen LogP contribution in [0.3, 0.4) is 0 Å². The molecule has 0 aliphatic rings. The second-order valence-electron chi connectivity index (χ2n) is 3.89. The monoisotopic (exact) mass is 259 g/mol. The second-order valence-corrected chi connectivity index (χ2v) is 3.89. The average Bonchev–Trinajstić information content (AvgIpc) is 2.40. The van der Waals surface area contributed by atoms with Gasteiger partial charge in [-0.05, 0) is 25.5 Å². The van der Waals surface area contributed by atoms with Gasteiger partial charge in [-0.25, -0.2) is 4.79 Å². The molecule has 0 saturated heterocycles.